The number of anilines is 1. The Hall–Kier alpha value is -2.48. The van der Waals surface area contributed by atoms with Crippen molar-refractivity contribution in [3.63, 3.8) is 0 Å². The van der Waals surface area contributed by atoms with Crippen LogP contribution in [-0.2, 0) is 9.53 Å². The van der Waals surface area contributed by atoms with Crippen molar-refractivity contribution in [1.82, 2.24) is 15.2 Å². The number of hydrogen-bond donors (Lipinski definition) is 1. The standard InChI is InChI=1S/C18H23FN4O3/c1-20-17(24)14-3-4-15(16(19)21-14)23-7-5-22(6-8-23)11-12-9-13(10-12)18(25)26-2/h3-4,9,13H,5-8,10-11H2,1-2H3,(H,20,24). The Bertz CT molecular complexity index is 729. The second-order valence-corrected chi connectivity index (χ2v) is 6.51. The summed E-state index contributed by atoms with van der Waals surface area (Å²) in [6, 6.07) is 3.15. The lowest BCUT2D eigenvalue weighted by Crippen LogP contribution is -2.47. The molecule has 2 aliphatic rings. The molecule has 0 bridgehead atoms. The molecule has 3 rings (SSSR count). The third kappa shape index (κ3) is 3.85. The Morgan fingerprint density at radius 3 is 2.58 bits per heavy atom. The number of amides is 1. The summed E-state index contributed by atoms with van der Waals surface area (Å²) in [5, 5.41) is 2.43. The number of carbonyl (C=O) groups is 2. The average Bonchev–Trinajstić information content (AvgIpc) is 2.63. The smallest absolute Gasteiger partial charge is 0.312 e. The summed E-state index contributed by atoms with van der Waals surface area (Å²) in [7, 11) is 2.89. The number of methoxy groups -OCH3 is 1. The van der Waals surface area contributed by atoms with Gasteiger partial charge in [-0.05, 0) is 18.6 Å². The summed E-state index contributed by atoms with van der Waals surface area (Å²) in [5.74, 6) is -1.31. The molecule has 1 atom stereocenters. The molecule has 0 radical (unpaired) electrons. The molecule has 1 aliphatic heterocycles. The number of esters is 1. The van der Waals surface area contributed by atoms with Crippen LogP contribution in [0.5, 0.6) is 0 Å². The van der Waals surface area contributed by atoms with Crippen LogP contribution in [0, 0.1) is 11.9 Å². The van der Waals surface area contributed by atoms with E-state index in [1.807, 2.05) is 11.0 Å². The lowest BCUT2D eigenvalue weighted by atomic mass is 9.86. The van der Waals surface area contributed by atoms with E-state index in [0.29, 0.717) is 18.8 Å². The fraction of sp³-hybridized carbons (Fsp3) is 0.500. The monoisotopic (exact) mass is 362 g/mol. The highest BCUT2D eigenvalue weighted by Gasteiger charge is 2.29. The van der Waals surface area contributed by atoms with Gasteiger partial charge in [-0.25, -0.2) is 4.98 Å². The van der Waals surface area contributed by atoms with Crippen LogP contribution in [0.15, 0.2) is 23.8 Å². The zero-order chi connectivity index (χ0) is 18.7. The largest absolute Gasteiger partial charge is 0.469 e. The third-order valence-corrected chi connectivity index (χ3v) is 4.85. The molecule has 26 heavy (non-hydrogen) atoms. The quantitative estimate of drug-likeness (QED) is 0.475. The van der Waals surface area contributed by atoms with E-state index in [1.54, 1.807) is 6.07 Å². The van der Waals surface area contributed by atoms with Gasteiger partial charge in [0.25, 0.3) is 5.91 Å². The molecule has 1 fully saturated rings. The Kier molecular flexibility index (Phi) is 5.51. The molecule has 0 spiro atoms. The average molecular weight is 362 g/mol. The number of nitrogens with one attached hydrogen (secondary N) is 1. The molecule has 1 N–H and O–H groups in total. The first kappa shape index (κ1) is 18.3. The van der Waals surface area contributed by atoms with Crippen molar-refractivity contribution in [2.24, 2.45) is 5.92 Å². The molecular formula is C18H23FN4O3. The van der Waals surface area contributed by atoms with Gasteiger partial charge in [0.15, 0.2) is 0 Å². The molecule has 1 aromatic rings. The molecular weight excluding hydrogens is 339 g/mol. The van der Waals surface area contributed by atoms with Crippen LogP contribution >= 0.6 is 0 Å². The molecule has 140 valence electrons. The van der Waals surface area contributed by atoms with E-state index in [2.05, 4.69) is 15.2 Å². The first-order valence-corrected chi connectivity index (χ1v) is 8.65. The SMILES string of the molecule is CNC(=O)c1ccc(N2CCN(CC3=CC(C(=O)OC)C3)CC2)c(F)n1. The number of piperazine rings is 1. The van der Waals surface area contributed by atoms with Crippen LogP contribution in [0.2, 0.25) is 0 Å². The number of rotatable bonds is 5. The molecule has 2 heterocycles. The number of hydrogen-bond acceptors (Lipinski definition) is 6. The molecule has 1 saturated heterocycles. The van der Waals surface area contributed by atoms with Crippen LogP contribution in [0.4, 0.5) is 10.1 Å². The van der Waals surface area contributed by atoms with E-state index in [-0.39, 0.29) is 17.6 Å². The summed E-state index contributed by atoms with van der Waals surface area (Å²) >= 11 is 0. The molecule has 1 aromatic heterocycles. The zero-order valence-corrected chi connectivity index (χ0v) is 15.0. The van der Waals surface area contributed by atoms with Gasteiger partial charge in [0.2, 0.25) is 5.95 Å². The van der Waals surface area contributed by atoms with Gasteiger partial charge in [0.05, 0.1) is 18.7 Å². The predicted molar refractivity (Wildman–Crippen MR) is 94.4 cm³/mol. The van der Waals surface area contributed by atoms with Crippen LogP contribution < -0.4 is 10.2 Å². The van der Waals surface area contributed by atoms with Gasteiger partial charge in [-0.1, -0.05) is 11.6 Å². The second-order valence-electron chi connectivity index (χ2n) is 6.51. The molecule has 1 aliphatic carbocycles. The van der Waals surface area contributed by atoms with Crippen LogP contribution in [-0.4, -0.2) is 68.6 Å². The Balaban J connectivity index is 1.53. The van der Waals surface area contributed by atoms with Crippen molar-refractivity contribution < 1.29 is 18.7 Å². The number of nitrogens with zero attached hydrogens (tertiary/aromatic N) is 3. The summed E-state index contributed by atoms with van der Waals surface area (Å²) in [4.78, 5) is 30.9. The van der Waals surface area contributed by atoms with Crippen molar-refractivity contribution in [2.45, 2.75) is 6.42 Å². The summed E-state index contributed by atoms with van der Waals surface area (Å²) in [5.41, 5.74) is 1.74. The van der Waals surface area contributed by atoms with E-state index >= 15 is 0 Å². The maximum Gasteiger partial charge on any atom is 0.312 e. The Morgan fingerprint density at radius 1 is 1.31 bits per heavy atom. The number of ether oxygens (including phenoxy) is 1. The Morgan fingerprint density at radius 2 is 2.00 bits per heavy atom. The lowest BCUT2D eigenvalue weighted by Gasteiger charge is -2.37. The molecule has 8 heteroatoms. The van der Waals surface area contributed by atoms with E-state index in [1.165, 1.54) is 25.8 Å². The first-order chi connectivity index (χ1) is 12.5. The van der Waals surface area contributed by atoms with Gasteiger partial charge in [0, 0.05) is 39.8 Å². The van der Waals surface area contributed by atoms with Gasteiger partial charge in [-0.15, -0.1) is 0 Å². The van der Waals surface area contributed by atoms with E-state index in [0.717, 1.165) is 26.1 Å². The van der Waals surface area contributed by atoms with E-state index in [9.17, 15) is 14.0 Å². The molecule has 0 saturated carbocycles. The van der Waals surface area contributed by atoms with Crippen molar-refractivity contribution in [1.29, 1.82) is 0 Å². The summed E-state index contributed by atoms with van der Waals surface area (Å²) in [6.45, 7) is 3.81. The van der Waals surface area contributed by atoms with Gasteiger partial charge in [-0.3, -0.25) is 14.5 Å². The fourth-order valence-corrected chi connectivity index (χ4v) is 3.30. The van der Waals surface area contributed by atoms with Crippen molar-refractivity contribution in [2.75, 3.05) is 51.8 Å². The highest BCUT2D eigenvalue weighted by Crippen LogP contribution is 2.28. The normalized spacial score (nSPS) is 20.2. The number of aromatic nitrogens is 1. The van der Waals surface area contributed by atoms with Gasteiger partial charge < -0.3 is 15.0 Å². The highest BCUT2D eigenvalue weighted by atomic mass is 19.1. The summed E-state index contributed by atoms with van der Waals surface area (Å²) in [6.07, 6.45) is 2.73. The van der Waals surface area contributed by atoms with E-state index < -0.39 is 11.9 Å². The minimum absolute atomic E-state index is 0.0736. The minimum Gasteiger partial charge on any atom is -0.469 e. The third-order valence-electron chi connectivity index (χ3n) is 4.85. The minimum atomic E-state index is -0.623. The van der Waals surface area contributed by atoms with Gasteiger partial charge >= 0.3 is 5.97 Å². The van der Waals surface area contributed by atoms with Crippen LogP contribution in [0.3, 0.4) is 0 Å². The number of halogens is 1. The second kappa shape index (κ2) is 7.82. The number of carbonyl (C=O) groups excluding carboxylic acids is 2. The summed E-state index contributed by atoms with van der Waals surface area (Å²) < 4.78 is 19.0. The lowest BCUT2D eigenvalue weighted by molar-refractivity contribution is -0.144. The molecule has 1 amide bonds. The fourth-order valence-electron chi connectivity index (χ4n) is 3.30. The maximum atomic E-state index is 14.3. The van der Waals surface area contributed by atoms with Crippen LogP contribution in [0.1, 0.15) is 16.9 Å². The highest BCUT2D eigenvalue weighted by molar-refractivity contribution is 5.92. The van der Waals surface area contributed by atoms with Gasteiger partial charge in [0.1, 0.15) is 5.69 Å². The zero-order valence-electron chi connectivity index (χ0n) is 15.0. The van der Waals surface area contributed by atoms with E-state index in [4.69, 9.17) is 4.74 Å². The van der Waals surface area contributed by atoms with Crippen molar-refractivity contribution >= 4 is 17.6 Å². The molecule has 0 aromatic carbocycles. The molecule has 1 unspecified atom stereocenters. The van der Waals surface area contributed by atoms with Gasteiger partial charge in [-0.2, -0.15) is 4.39 Å². The topological polar surface area (TPSA) is 74.8 Å². The van der Waals surface area contributed by atoms with Crippen molar-refractivity contribution in [3.8, 4) is 0 Å². The van der Waals surface area contributed by atoms with Crippen LogP contribution in [0.25, 0.3) is 0 Å². The molecule has 7 nitrogen and oxygen atoms in total. The number of pyridine rings is 1. The predicted octanol–water partition coefficient (Wildman–Crippen LogP) is 0.822. The maximum absolute atomic E-state index is 14.3. The first-order valence-electron chi connectivity index (χ1n) is 8.65. The Labute approximate surface area is 151 Å². The van der Waals surface area contributed by atoms with Crippen molar-refractivity contribution in [3.05, 3.63) is 35.4 Å².